The van der Waals surface area contributed by atoms with E-state index in [1.54, 1.807) is 0 Å². The van der Waals surface area contributed by atoms with Crippen LogP contribution in [0.25, 0.3) is 0 Å². The van der Waals surface area contributed by atoms with E-state index in [0.717, 1.165) is 22.0 Å². The maximum Gasteiger partial charge on any atom is 0.254 e. The minimum atomic E-state index is 0.110. The lowest BCUT2D eigenvalue weighted by Gasteiger charge is -2.38. The van der Waals surface area contributed by atoms with Gasteiger partial charge in [-0.15, -0.1) is 0 Å². The number of amides is 1. The van der Waals surface area contributed by atoms with Crippen molar-refractivity contribution in [2.75, 3.05) is 13.2 Å². The molecule has 1 aliphatic heterocycles. The van der Waals surface area contributed by atoms with Crippen LogP contribution in [0.2, 0.25) is 0 Å². The van der Waals surface area contributed by atoms with Crippen LogP contribution in [0, 0.1) is 6.92 Å². The van der Waals surface area contributed by atoms with Crippen LogP contribution < -0.4 is 0 Å². The van der Waals surface area contributed by atoms with Gasteiger partial charge in [-0.3, -0.25) is 4.79 Å². The molecule has 0 aliphatic carbocycles. The summed E-state index contributed by atoms with van der Waals surface area (Å²) in [5.74, 6) is 0.112. The lowest BCUT2D eigenvalue weighted by molar-refractivity contribution is -0.0444. The van der Waals surface area contributed by atoms with Gasteiger partial charge in [0.25, 0.3) is 5.91 Å². The van der Waals surface area contributed by atoms with Crippen molar-refractivity contribution in [2.45, 2.75) is 39.3 Å². The van der Waals surface area contributed by atoms with Crippen LogP contribution in [0.1, 0.15) is 36.2 Å². The Morgan fingerprint density at radius 3 is 2.95 bits per heavy atom. The standard InChI is InChI=1S/C15H20BrNO2/c1-4-13-9-19-11(3)8-17(13)15(18)14-7-12(16)6-5-10(14)2/h5-7,11,13H,4,8-9H2,1-3H3. The molecule has 0 bridgehead atoms. The fraction of sp³-hybridized carbons (Fsp3) is 0.533. The van der Waals surface area contributed by atoms with Gasteiger partial charge in [0.1, 0.15) is 0 Å². The van der Waals surface area contributed by atoms with E-state index in [9.17, 15) is 4.79 Å². The first-order valence-electron chi connectivity index (χ1n) is 6.71. The minimum Gasteiger partial charge on any atom is -0.375 e. The second-order valence-electron chi connectivity index (χ2n) is 5.12. The van der Waals surface area contributed by atoms with Crippen molar-refractivity contribution in [3.63, 3.8) is 0 Å². The van der Waals surface area contributed by atoms with Crippen LogP contribution in [0.15, 0.2) is 22.7 Å². The molecule has 0 radical (unpaired) electrons. The van der Waals surface area contributed by atoms with Gasteiger partial charge in [-0.1, -0.05) is 28.9 Å². The second-order valence-corrected chi connectivity index (χ2v) is 6.04. The first-order chi connectivity index (χ1) is 9.02. The fourth-order valence-electron chi connectivity index (χ4n) is 2.41. The maximum atomic E-state index is 12.7. The van der Waals surface area contributed by atoms with Crippen LogP contribution >= 0.6 is 15.9 Å². The van der Waals surface area contributed by atoms with Crippen LogP contribution in [0.3, 0.4) is 0 Å². The summed E-state index contributed by atoms with van der Waals surface area (Å²) >= 11 is 3.44. The van der Waals surface area contributed by atoms with Crippen LogP contribution in [-0.2, 0) is 4.74 Å². The average molecular weight is 326 g/mol. The second kappa shape index (κ2) is 6.06. The number of benzene rings is 1. The highest BCUT2D eigenvalue weighted by molar-refractivity contribution is 9.10. The number of carbonyl (C=O) groups is 1. The normalized spacial score (nSPS) is 23.5. The highest BCUT2D eigenvalue weighted by Crippen LogP contribution is 2.22. The number of hydrogen-bond acceptors (Lipinski definition) is 2. The molecule has 0 N–H and O–H groups in total. The number of aryl methyl sites for hydroxylation is 1. The summed E-state index contributed by atoms with van der Waals surface area (Å²) in [6.07, 6.45) is 1.03. The van der Waals surface area contributed by atoms with E-state index in [1.165, 1.54) is 0 Å². The van der Waals surface area contributed by atoms with E-state index in [0.29, 0.717) is 13.2 Å². The van der Waals surface area contributed by atoms with Crippen molar-refractivity contribution in [1.82, 2.24) is 4.90 Å². The van der Waals surface area contributed by atoms with Crippen LogP contribution in [-0.4, -0.2) is 36.1 Å². The number of rotatable bonds is 2. The third-order valence-corrected chi connectivity index (χ3v) is 4.12. The van der Waals surface area contributed by atoms with Crippen LogP contribution in [0.4, 0.5) is 0 Å². The smallest absolute Gasteiger partial charge is 0.254 e. The summed E-state index contributed by atoms with van der Waals surface area (Å²) in [6.45, 7) is 7.39. The topological polar surface area (TPSA) is 29.5 Å². The average Bonchev–Trinajstić information content (AvgIpc) is 2.40. The number of halogens is 1. The van der Waals surface area contributed by atoms with Gasteiger partial charge in [0, 0.05) is 16.6 Å². The summed E-state index contributed by atoms with van der Waals surface area (Å²) in [5.41, 5.74) is 1.80. The highest BCUT2D eigenvalue weighted by atomic mass is 79.9. The van der Waals surface area contributed by atoms with Crippen molar-refractivity contribution in [3.05, 3.63) is 33.8 Å². The predicted molar refractivity (Wildman–Crippen MR) is 79.4 cm³/mol. The Kier molecular flexibility index (Phi) is 4.63. The molecule has 2 rings (SSSR count). The molecule has 4 heteroatoms. The zero-order valence-corrected chi connectivity index (χ0v) is 13.2. The van der Waals surface area contributed by atoms with Gasteiger partial charge in [0.2, 0.25) is 0 Å². The van der Waals surface area contributed by atoms with E-state index >= 15 is 0 Å². The molecular formula is C15H20BrNO2. The zero-order chi connectivity index (χ0) is 14.0. The van der Waals surface area contributed by atoms with Crippen molar-refractivity contribution in [1.29, 1.82) is 0 Å². The molecule has 0 saturated carbocycles. The monoisotopic (exact) mass is 325 g/mol. The van der Waals surface area contributed by atoms with Crippen LogP contribution in [0.5, 0.6) is 0 Å². The van der Waals surface area contributed by atoms with Gasteiger partial charge in [-0.25, -0.2) is 0 Å². The number of morpholine rings is 1. The maximum absolute atomic E-state index is 12.7. The largest absolute Gasteiger partial charge is 0.375 e. The summed E-state index contributed by atoms with van der Waals surface area (Å²) < 4.78 is 6.59. The quantitative estimate of drug-likeness (QED) is 0.834. The number of hydrogen-bond donors (Lipinski definition) is 0. The lowest BCUT2D eigenvalue weighted by atomic mass is 10.0. The molecule has 0 aromatic heterocycles. The minimum absolute atomic E-state index is 0.110. The van der Waals surface area contributed by atoms with E-state index < -0.39 is 0 Å². The van der Waals surface area contributed by atoms with E-state index in [4.69, 9.17) is 4.74 Å². The zero-order valence-electron chi connectivity index (χ0n) is 11.6. The summed E-state index contributed by atoms with van der Waals surface area (Å²) in [5, 5.41) is 0. The van der Waals surface area contributed by atoms with Gasteiger partial charge >= 0.3 is 0 Å². The third kappa shape index (κ3) is 3.18. The lowest BCUT2D eigenvalue weighted by Crippen LogP contribution is -2.51. The predicted octanol–water partition coefficient (Wildman–Crippen LogP) is 3.40. The van der Waals surface area contributed by atoms with Gasteiger partial charge < -0.3 is 9.64 Å². The molecule has 1 heterocycles. The molecule has 2 unspecified atom stereocenters. The first-order valence-corrected chi connectivity index (χ1v) is 7.51. The molecule has 1 amide bonds. The highest BCUT2D eigenvalue weighted by Gasteiger charge is 2.30. The molecule has 3 nitrogen and oxygen atoms in total. The summed E-state index contributed by atoms with van der Waals surface area (Å²) in [6, 6.07) is 6.03. The number of nitrogens with zero attached hydrogens (tertiary/aromatic N) is 1. The molecule has 1 aromatic rings. The summed E-state index contributed by atoms with van der Waals surface area (Å²) in [7, 11) is 0. The molecule has 104 valence electrons. The summed E-state index contributed by atoms with van der Waals surface area (Å²) in [4.78, 5) is 14.7. The Balaban J connectivity index is 2.28. The molecule has 2 atom stereocenters. The van der Waals surface area contributed by atoms with Gasteiger partial charge in [-0.05, 0) is 38.0 Å². The van der Waals surface area contributed by atoms with Gasteiger partial charge in [0.15, 0.2) is 0 Å². The van der Waals surface area contributed by atoms with E-state index in [-0.39, 0.29) is 18.1 Å². The van der Waals surface area contributed by atoms with Crippen molar-refractivity contribution >= 4 is 21.8 Å². The molecule has 1 saturated heterocycles. The van der Waals surface area contributed by atoms with E-state index in [2.05, 4.69) is 22.9 Å². The van der Waals surface area contributed by atoms with E-state index in [1.807, 2.05) is 36.9 Å². The Labute approximate surface area is 123 Å². The number of ether oxygens (including phenoxy) is 1. The Hall–Kier alpha value is -0.870. The SMILES string of the molecule is CCC1COC(C)CN1C(=O)c1cc(Br)ccc1C. The van der Waals surface area contributed by atoms with Crippen molar-refractivity contribution in [3.8, 4) is 0 Å². The molecule has 1 fully saturated rings. The molecule has 19 heavy (non-hydrogen) atoms. The molecule has 1 aliphatic rings. The fourth-order valence-corrected chi connectivity index (χ4v) is 2.77. The van der Waals surface area contributed by atoms with Crippen molar-refractivity contribution < 1.29 is 9.53 Å². The first kappa shape index (κ1) is 14.5. The molecule has 1 aromatic carbocycles. The Bertz CT molecular complexity index is 475. The Morgan fingerprint density at radius 2 is 2.26 bits per heavy atom. The number of carbonyl (C=O) groups excluding carboxylic acids is 1. The molecule has 0 spiro atoms. The Morgan fingerprint density at radius 1 is 1.53 bits per heavy atom. The molecular weight excluding hydrogens is 306 g/mol. The third-order valence-electron chi connectivity index (χ3n) is 3.63. The van der Waals surface area contributed by atoms with Gasteiger partial charge in [0.05, 0.1) is 18.8 Å². The van der Waals surface area contributed by atoms with Crippen molar-refractivity contribution in [2.24, 2.45) is 0 Å². The van der Waals surface area contributed by atoms with Gasteiger partial charge in [-0.2, -0.15) is 0 Å².